The van der Waals surface area contributed by atoms with Crippen LogP contribution in [0, 0.1) is 23.0 Å². The molecule has 7 heteroatoms. The minimum Gasteiger partial charge on any atom is -0.268 e. The lowest BCUT2D eigenvalue weighted by molar-refractivity contribution is 0.502. The Balaban J connectivity index is 1.84. The molecule has 0 N–H and O–H groups in total. The summed E-state index contributed by atoms with van der Waals surface area (Å²) in [5, 5.41) is 9.80. The van der Waals surface area contributed by atoms with Crippen LogP contribution in [0.5, 0.6) is 0 Å². The Morgan fingerprint density at radius 3 is 2.52 bits per heavy atom. The van der Waals surface area contributed by atoms with Crippen molar-refractivity contribution < 1.29 is 8.78 Å². The molecule has 0 bridgehead atoms. The molecular weight excluding hydrogens is 392 g/mol. The highest BCUT2D eigenvalue weighted by molar-refractivity contribution is 7.98. The summed E-state index contributed by atoms with van der Waals surface area (Å²) in [5.74, 6) is -1.72. The molecule has 0 aliphatic heterocycles. The van der Waals surface area contributed by atoms with Gasteiger partial charge in [-0.15, -0.1) is 0 Å². The molecule has 0 aliphatic carbocycles. The van der Waals surface area contributed by atoms with Gasteiger partial charge in [0.1, 0.15) is 0 Å². The molecule has 0 aliphatic rings. The van der Waals surface area contributed by atoms with E-state index in [0.29, 0.717) is 27.3 Å². The van der Waals surface area contributed by atoms with Gasteiger partial charge in [-0.2, -0.15) is 5.26 Å². The second kappa shape index (κ2) is 7.86. The molecule has 0 spiro atoms. The minimum absolute atomic E-state index is 0.102. The van der Waals surface area contributed by atoms with Gasteiger partial charge in [0.2, 0.25) is 0 Å². The van der Waals surface area contributed by atoms with E-state index < -0.39 is 11.6 Å². The molecule has 0 saturated carbocycles. The Labute approximate surface area is 169 Å². The predicted octanol–water partition coefficient (Wildman–Crippen LogP) is 4.83. The monoisotopic (exact) mass is 405 g/mol. The molecule has 3 aromatic carbocycles. The number of para-hydroxylation sites is 1. The first-order chi connectivity index (χ1) is 14.1. The van der Waals surface area contributed by atoms with E-state index in [4.69, 9.17) is 5.26 Å². The number of hydrogen-bond donors (Lipinski definition) is 0. The number of fused-ring (bicyclic) bond motifs is 1. The maximum absolute atomic E-state index is 14.0. The summed E-state index contributed by atoms with van der Waals surface area (Å²) in [6.07, 6.45) is 0. The van der Waals surface area contributed by atoms with E-state index in [-0.39, 0.29) is 16.9 Å². The second-order valence-corrected chi connectivity index (χ2v) is 7.15. The van der Waals surface area contributed by atoms with Gasteiger partial charge >= 0.3 is 0 Å². The molecule has 0 saturated heterocycles. The molecule has 1 heterocycles. The molecule has 29 heavy (non-hydrogen) atoms. The molecule has 142 valence electrons. The largest absolute Gasteiger partial charge is 0.268 e. The van der Waals surface area contributed by atoms with Crippen LogP contribution in [0.2, 0.25) is 0 Å². The van der Waals surface area contributed by atoms with Gasteiger partial charge in [0.25, 0.3) is 5.56 Å². The number of nitriles is 1. The van der Waals surface area contributed by atoms with Gasteiger partial charge in [-0.3, -0.25) is 9.36 Å². The summed E-state index contributed by atoms with van der Waals surface area (Å²) in [4.78, 5) is 17.7. The number of rotatable bonds is 4. The fourth-order valence-electron chi connectivity index (χ4n) is 2.92. The zero-order chi connectivity index (χ0) is 20.4. The third-order valence-corrected chi connectivity index (χ3v) is 5.38. The minimum atomic E-state index is -0.918. The Morgan fingerprint density at radius 1 is 1.00 bits per heavy atom. The van der Waals surface area contributed by atoms with Crippen LogP contribution in [0.1, 0.15) is 11.1 Å². The maximum Gasteiger partial charge on any atom is 0.266 e. The van der Waals surface area contributed by atoms with E-state index in [0.717, 1.165) is 17.8 Å². The molecule has 0 fully saturated rings. The second-order valence-electron chi connectivity index (χ2n) is 6.21. The fourth-order valence-corrected chi connectivity index (χ4v) is 3.91. The van der Waals surface area contributed by atoms with Gasteiger partial charge in [-0.05, 0) is 42.5 Å². The lowest BCUT2D eigenvalue weighted by Crippen LogP contribution is -2.21. The summed E-state index contributed by atoms with van der Waals surface area (Å²) in [6.45, 7) is 0. The molecular formula is C22H13F2N3OS. The van der Waals surface area contributed by atoms with Crippen LogP contribution < -0.4 is 5.56 Å². The van der Waals surface area contributed by atoms with Crippen molar-refractivity contribution >= 4 is 22.7 Å². The summed E-state index contributed by atoms with van der Waals surface area (Å²) in [5.41, 5.74) is 1.43. The first-order valence-corrected chi connectivity index (χ1v) is 9.65. The Hall–Kier alpha value is -3.50. The van der Waals surface area contributed by atoms with Gasteiger partial charge in [0.15, 0.2) is 16.8 Å². The standard InChI is InChI=1S/C22H13F2N3OS/c23-18-6-3-4-15(20(18)24)13-29-22-26-19-7-2-1-5-17(19)21(28)27(22)16-10-8-14(12-25)9-11-16/h1-11H,13H2. The van der Waals surface area contributed by atoms with E-state index in [9.17, 15) is 13.6 Å². The van der Waals surface area contributed by atoms with E-state index in [2.05, 4.69) is 4.98 Å². The van der Waals surface area contributed by atoms with Crippen molar-refractivity contribution in [1.29, 1.82) is 5.26 Å². The molecule has 0 radical (unpaired) electrons. The van der Waals surface area contributed by atoms with Crippen LogP contribution >= 0.6 is 11.8 Å². The van der Waals surface area contributed by atoms with Crippen LogP contribution in [-0.2, 0) is 5.75 Å². The Kier molecular flexibility index (Phi) is 5.10. The molecule has 1 aromatic heterocycles. The van der Waals surface area contributed by atoms with Crippen LogP contribution in [0.3, 0.4) is 0 Å². The summed E-state index contributed by atoms with van der Waals surface area (Å²) in [7, 11) is 0. The number of thioether (sulfide) groups is 1. The zero-order valence-electron chi connectivity index (χ0n) is 15.0. The van der Waals surface area contributed by atoms with E-state index in [1.807, 2.05) is 6.07 Å². The lowest BCUT2D eigenvalue weighted by atomic mass is 10.2. The lowest BCUT2D eigenvalue weighted by Gasteiger charge is -2.13. The van der Waals surface area contributed by atoms with Crippen molar-refractivity contribution in [3.63, 3.8) is 0 Å². The number of benzene rings is 3. The maximum atomic E-state index is 14.0. The average Bonchev–Trinajstić information content (AvgIpc) is 2.75. The van der Waals surface area contributed by atoms with E-state index in [1.165, 1.54) is 16.7 Å². The van der Waals surface area contributed by atoms with Gasteiger partial charge in [0.05, 0.1) is 28.2 Å². The number of nitrogens with zero attached hydrogens (tertiary/aromatic N) is 3. The first-order valence-electron chi connectivity index (χ1n) is 8.66. The van der Waals surface area contributed by atoms with Crippen LogP contribution in [0.15, 0.2) is 76.7 Å². The predicted molar refractivity (Wildman–Crippen MR) is 108 cm³/mol. The molecule has 4 nitrogen and oxygen atoms in total. The molecule has 0 unspecified atom stereocenters. The first kappa shape index (κ1) is 18.8. The Bertz CT molecular complexity index is 1310. The van der Waals surface area contributed by atoms with Crippen LogP contribution in [0.25, 0.3) is 16.6 Å². The van der Waals surface area contributed by atoms with Crippen molar-refractivity contribution in [2.75, 3.05) is 0 Å². The average molecular weight is 405 g/mol. The van der Waals surface area contributed by atoms with Crippen molar-refractivity contribution in [3.05, 3.63) is 99.8 Å². The fraction of sp³-hybridized carbons (Fsp3) is 0.0455. The van der Waals surface area contributed by atoms with Gasteiger partial charge in [-0.1, -0.05) is 36.0 Å². The molecule has 0 atom stereocenters. The smallest absolute Gasteiger partial charge is 0.266 e. The zero-order valence-corrected chi connectivity index (χ0v) is 15.8. The highest BCUT2D eigenvalue weighted by Gasteiger charge is 2.15. The van der Waals surface area contributed by atoms with Gasteiger partial charge in [0, 0.05) is 11.3 Å². The van der Waals surface area contributed by atoms with Crippen molar-refractivity contribution in [2.24, 2.45) is 0 Å². The van der Waals surface area contributed by atoms with Gasteiger partial charge in [-0.25, -0.2) is 13.8 Å². The summed E-state index contributed by atoms with van der Waals surface area (Å²) >= 11 is 1.14. The quantitative estimate of drug-likeness (QED) is 0.361. The number of halogens is 2. The van der Waals surface area contributed by atoms with Gasteiger partial charge < -0.3 is 0 Å². The van der Waals surface area contributed by atoms with E-state index >= 15 is 0 Å². The summed E-state index contributed by atoms with van der Waals surface area (Å²) < 4.78 is 29.0. The summed E-state index contributed by atoms with van der Waals surface area (Å²) in [6, 6.07) is 19.5. The normalized spacial score (nSPS) is 10.8. The third-order valence-electron chi connectivity index (χ3n) is 4.39. The topological polar surface area (TPSA) is 58.7 Å². The van der Waals surface area contributed by atoms with Crippen molar-refractivity contribution in [1.82, 2.24) is 9.55 Å². The third kappa shape index (κ3) is 3.62. The molecule has 4 aromatic rings. The van der Waals surface area contributed by atoms with Crippen LogP contribution in [-0.4, -0.2) is 9.55 Å². The molecule has 0 amide bonds. The number of hydrogen-bond acceptors (Lipinski definition) is 4. The Morgan fingerprint density at radius 2 is 1.76 bits per heavy atom. The highest BCUT2D eigenvalue weighted by Crippen LogP contribution is 2.26. The molecule has 4 rings (SSSR count). The van der Waals surface area contributed by atoms with E-state index in [1.54, 1.807) is 48.5 Å². The number of aromatic nitrogens is 2. The van der Waals surface area contributed by atoms with Crippen molar-refractivity contribution in [3.8, 4) is 11.8 Å². The van der Waals surface area contributed by atoms with Crippen LogP contribution in [0.4, 0.5) is 8.78 Å². The highest BCUT2D eigenvalue weighted by atomic mass is 32.2. The van der Waals surface area contributed by atoms with Crippen molar-refractivity contribution in [2.45, 2.75) is 10.9 Å². The SMILES string of the molecule is N#Cc1ccc(-n2c(SCc3cccc(F)c3F)nc3ccccc3c2=O)cc1.